The SMILES string of the molecule is CCNC(=O)[C@H](CC)N(Cc1ccccc1Cl)C(=O)CN(c1cccc(Br)c1)S(=O)(=O)c1ccc(C)cc1. The standard InChI is InChI=1S/C28H31BrClN3O4S/c1-4-26(28(35)31-5-2)32(18-21-9-6-7-12-25(21)30)27(34)19-33(23-11-8-10-22(29)17-23)38(36,37)24-15-13-20(3)14-16-24/h6-17,26H,4-5,18-19H2,1-3H3,(H,31,35)/t26-/m0/s1. The minimum absolute atomic E-state index is 0.0467. The molecular formula is C28H31BrClN3O4S. The number of sulfonamides is 1. The molecule has 0 saturated carbocycles. The maximum absolute atomic E-state index is 14.0. The number of aryl methyl sites for hydroxylation is 1. The number of nitrogens with one attached hydrogen (secondary N) is 1. The average molecular weight is 621 g/mol. The second-order valence-electron chi connectivity index (χ2n) is 8.74. The van der Waals surface area contributed by atoms with Gasteiger partial charge in [-0.05, 0) is 62.2 Å². The van der Waals surface area contributed by atoms with Crippen molar-refractivity contribution < 1.29 is 18.0 Å². The Morgan fingerprint density at radius 2 is 1.68 bits per heavy atom. The van der Waals surface area contributed by atoms with Crippen LogP contribution in [0.4, 0.5) is 5.69 Å². The van der Waals surface area contributed by atoms with Gasteiger partial charge < -0.3 is 10.2 Å². The Morgan fingerprint density at radius 1 is 1.00 bits per heavy atom. The highest BCUT2D eigenvalue weighted by molar-refractivity contribution is 9.10. The van der Waals surface area contributed by atoms with Crippen LogP contribution in [-0.2, 0) is 26.2 Å². The van der Waals surface area contributed by atoms with E-state index in [1.165, 1.54) is 17.0 Å². The Kier molecular flexibility index (Phi) is 10.4. The first-order valence-electron chi connectivity index (χ1n) is 12.2. The lowest BCUT2D eigenvalue weighted by Gasteiger charge is -2.33. The number of hydrogen-bond donors (Lipinski definition) is 1. The Labute approximate surface area is 238 Å². The molecule has 0 saturated heterocycles. The summed E-state index contributed by atoms with van der Waals surface area (Å²) in [5, 5.41) is 3.23. The second kappa shape index (κ2) is 13.3. The fourth-order valence-electron chi connectivity index (χ4n) is 4.02. The number of likely N-dealkylation sites (N-methyl/N-ethyl adjacent to an activating group) is 1. The number of amides is 2. The quantitative estimate of drug-likeness (QED) is 0.305. The lowest BCUT2D eigenvalue weighted by molar-refractivity contribution is -0.140. The van der Waals surface area contributed by atoms with Gasteiger partial charge >= 0.3 is 0 Å². The van der Waals surface area contributed by atoms with Gasteiger partial charge in [0.2, 0.25) is 11.8 Å². The summed E-state index contributed by atoms with van der Waals surface area (Å²) in [4.78, 5) is 28.4. The van der Waals surface area contributed by atoms with Gasteiger partial charge in [0, 0.05) is 22.6 Å². The minimum atomic E-state index is -4.12. The molecule has 202 valence electrons. The molecule has 7 nitrogen and oxygen atoms in total. The Balaban J connectivity index is 2.07. The highest BCUT2D eigenvalue weighted by Crippen LogP contribution is 2.28. The molecule has 10 heteroatoms. The average Bonchev–Trinajstić information content (AvgIpc) is 2.88. The van der Waals surface area contributed by atoms with E-state index in [1.807, 2.05) is 13.8 Å². The molecule has 0 spiro atoms. The van der Waals surface area contributed by atoms with Crippen molar-refractivity contribution in [2.45, 2.75) is 44.7 Å². The minimum Gasteiger partial charge on any atom is -0.355 e. The van der Waals surface area contributed by atoms with Crippen molar-refractivity contribution in [2.75, 3.05) is 17.4 Å². The molecule has 2 amide bonds. The number of hydrogen-bond acceptors (Lipinski definition) is 4. The summed E-state index contributed by atoms with van der Waals surface area (Å²) in [7, 11) is -4.12. The highest BCUT2D eigenvalue weighted by atomic mass is 79.9. The fourth-order valence-corrected chi connectivity index (χ4v) is 6.01. The summed E-state index contributed by atoms with van der Waals surface area (Å²) in [6.07, 6.45) is 0.337. The molecular weight excluding hydrogens is 590 g/mol. The van der Waals surface area contributed by atoms with Crippen molar-refractivity contribution in [3.63, 3.8) is 0 Å². The molecule has 0 aliphatic carbocycles. The summed E-state index contributed by atoms with van der Waals surface area (Å²) < 4.78 is 29.4. The van der Waals surface area contributed by atoms with Gasteiger partial charge in [0.25, 0.3) is 10.0 Å². The predicted octanol–water partition coefficient (Wildman–Crippen LogP) is 5.55. The van der Waals surface area contributed by atoms with Crippen LogP contribution in [0.5, 0.6) is 0 Å². The molecule has 0 aliphatic rings. The normalized spacial score (nSPS) is 12.0. The van der Waals surface area contributed by atoms with E-state index in [0.717, 1.165) is 9.87 Å². The van der Waals surface area contributed by atoms with E-state index >= 15 is 0 Å². The third-order valence-corrected chi connectivity index (χ3v) is 8.67. The highest BCUT2D eigenvalue weighted by Gasteiger charge is 2.33. The van der Waals surface area contributed by atoms with Crippen molar-refractivity contribution in [3.05, 3.63) is 93.4 Å². The van der Waals surface area contributed by atoms with Crippen LogP contribution in [-0.4, -0.2) is 44.3 Å². The van der Waals surface area contributed by atoms with Gasteiger partial charge in [0.15, 0.2) is 0 Å². The molecule has 3 aromatic rings. The van der Waals surface area contributed by atoms with E-state index in [1.54, 1.807) is 67.6 Å². The van der Waals surface area contributed by atoms with Crippen molar-refractivity contribution in [1.29, 1.82) is 0 Å². The van der Waals surface area contributed by atoms with Crippen LogP contribution >= 0.6 is 27.5 Å². The molecule has 3 aromatic carbocycles. The van der Waals surface area contributed by atoms with Crippen LogP contribution in [0.1, 0.15) is 31.4 Å². The molecule has 0 radical (unpaired) electrons. The van der Waals surface area contributed by atoms with Gasteiger partial charge in [-0.15, -0.1) is 0 Å². The van der Waals surface area contributed by atoms with E-state index in [2.05, 4.69) is 21.2 Å². The molecule has 38 heavy (non-hydrogen) atoms. The van der Waals surface area contributed by atoms with Crippen molar-refractivity contribution in [2.24, 2.45) is 0 Å². The number of nitrogens with zero attached hydrogens (tertiary/aromatic N) is 2. The Bertz CT molecular complexity index is 1380. The molecule has 1 N–H and O–H groups in total. The maximum atomic E-state index is 14.0. The number of rotatable bonds is 11. The van der Waals surface area contributed by atoms with Crippen LogP contribution in [0.3, 0.4) is 0 Å². The largest absolute Gasteiger partial charge is 0.355 e. The van der Waals surface area contributed by atoms with Crippen LogP contribution in [0.15, 0.2) is 82.2 Å². The maximum Gasteiger partial charge on any atom is 0.264 e. The fraction of sp³-hybridized carbons (Fsp3) is 0.286. The summed E-state index contributed by atoms with van der Waals surface area (Å²) in [5.74, 6) is -0.843. The zero-order valence-corrected chi connectivity index (χ0v) is 24.7. The van der Waals surface area contributed by atoms with Gasteiger partial charge in [0.1, 0.15) is 12.6 Å². The van der Waals surface area contributed by atoms with E-state index in [-0.39, 0.29) is 17.3 Å². The number of carbonyl (C=O) groups is 2. The van der Waals surface area contributed by atoms with E-state index in [4.69, 9.17) is 11.6 Å². The first-order valence-corrected chi connectivity index (χ1v) is 14.8. The number of carbonyl (C=O) groups excluding carboxylic acids is 2. The van der Waals surface area contributed by atoms with E-state index < -0.39 is 28.5 Å². The summed E-state index contributed by atoms with van der Waals surface area (Å²) in [6, 6.07) is 19.4. The van der Waals surface area contributed by atoms with Crippen molar-refractivity contribution in [1.82, 2.24) is 10.2 Å². The Morgan fingerprint density at radius 3 is 2.29 bits per heavy atom. The van der Waals surface area contributed by atoms with Gasteiger partial charge in [-0.3, -0.25) is 13.9 Å². The molecule has 0 heterocycles. The third kappa shape index (κ3) is 7.15. The summed E-state index contributed by atoms with van der Waals surface area (Å²) in [6.45, 7) is 5.41. The van der Waals surface area contributed by atoms with Gasteiger partial charge in [-0.1, -0.05) is 76.4 Å². The lowest BCUT2D eigenvalue weighted by Crippen LogP contribution is -2.52. The third-order valence-electron chi connectivity index (χ3n) is 6.02. The molecule has 3 rings (SSSR count). The molecule has 1 atom stereocenters. The monoisotopic (exact) mass is 619 g/mol. The lowest BCUT2D eigenvalue weighted by atomic mass is 10.1. The summed E-state index contributed by atoms with van der Waals surface area (Å²) >= 11 is 9.79. The number of benzene rings is 3. The van der Waals surface area contributed by atoms with Crippen LogP contribution < -0.4 is 9.62 Å². The molecule has 0 bridgehead atoms. The topological polar surface area (TPSA) is 86.8 Å². The van der Waals surface area contributed by atoms with Crippen LogP contribution in [0, 0.1) is 6.92 Å². The Hall–Kier alpha value is -2.88. The summed E-state index contributed by atoms with van der Waals surface area (Å²) in [5.41, 5.74) is 1.88. The van der Waals surface area contributed by atoms with Crippen molar-refractivity contribution >= 4 is 55.1 Å². The van der Waals surface area contributed by atoms with Crippen LogP contribution in [0.2, 0.25) is 5.02 Å². The zero-order chi connectivity index (χ0) is 27.9. The molecule has 0 fully saturated rings. The zero-order valence-electron chi connectivity index (χ0n) is 21.5. The van der Waals surface area contributed by atoms with Crippen molar-refractivity contribution in [3.8, 4) is 0 Å². The smallest absolute Gasteiger partial charge is 0.264 e. The van der Waals surface area contributed by atoms with Gasteiger partial charge in [0.05, 0.1) is 10.6 Å². The first kappa shape index (κ1) is 29.7. The van der Waals surface area contributed by atoms with Gasteiger partial charge in [-0.25, -0.2) is 8.42 Å². The van der Waals surface area contributed by atoms with Gasteiger partial charge in [-0.2, -0.15) is 0 Å². The number of anilines is 1. The second-order valence-corrected chi connectivity index (χ2v) is 11.9. The predicted molar refractivity (Wildman–Crippen MR) is 155 cm³/mol. The van der Waals surface area contributed by atoms with E-state index in [9.17, 15) is 18.0 Å². The van der Waals surface area contributed by atoms with Crippen LogP contribution in [0.25, 0.3) is 0 Å². The molecule has 0 aromatic heterocycles. The first-order chi connectivity index (χ1) is 18.1. The number of halogens is 2. The van der Waals surface area contributed by atoms with E-state index in [0.29, 0.717) is 33.7 Å². The molecule has 0 unspecified atom stereocenters. The molecule has 0 aliphatic heterocycles.